The first kappa shape index (κ1) is 23.6. The van der Waals surface area contributed by atoms with Crippen LogP contribution in [0.25, 0.3) is 0 Å². The van der Waals surface area contributed by atoms with Crippen LogP contribution in [-0.2, 0) is 38.8 Å². The monoisotopic (exact) mass is 450 g/mol. The van der Waals surface area contributed by atoms with Crippen molar-refractivity contribution < 1.29 is 29.2 Å². The molecule has 1 heterocycles. The number of aliphatic hydroxyl groups excluding tert-OH is 2. The number of hydrogen-bond acceptors (Lipinski definition) is 6. The minimum atomic E-state index is -1.26. The maximum Gasteiger partial charge on any atom is 0.184 e. The van der Waals surface area contributed by atoms with E-state index in [0.29, 0.717) is 13.2 Å². The lowest BCUT2D eigenvalue weighted by atomic mass is 9.98. The molecule has 1 fully saturated rings. The van der Waals surface area contributed by atoms with Crippen LogP contribution in [0.4, 0.5) is 0 Å². The fourth-order valence-electron chi connectivity index (χ4n) is 3.91. The quantitative estimate of drug-likeness (QED) is 0.493. The molecule has 6 heteroatoms. The molecule has 2 N–H and O–H groups in total. The fraction of sp³-hybridized carbons (Fsp3) is 0.333. The Balaban J connectivity index is 1.53. The van der Waals surface area contributed by atoms with E-state index < -0.39 is 30.7 Å². The third kappa shape index (κ3) is 6.48. The van der Waals surface area contributed by atoms with Crippen LogP contribution >= 0.6 is 0 Å². The average molecular weight is 451 g/mol. The SMILES string of the molecule is OCC1O[C@H](O)[C@@H](OCc2ccccc2)C(OCc2ccccc2)[C@@H]1OCc1ccccc1. The van der Waals surface area contributed by atoms with E-state index in [2.05, 4.69) is 0 Å². The first-order valence-electron chi connectivity index (χ1n) is 11.2. The second kappa shape index (κ2) is 12.0. The highest BCUT2D eigenvalue weighted by Crippen LogP contribution is 2.29. The van der Waals surface area contributed by atoms with Gasteiger partial charge in [-0.05, 0) is 16.7 Å². The predicted molar refractivity (Wildman–Crippen MR) is 123 cm³/mol. The summed E-state index contributed by atoms with van der Waals surface area (Å²) in [4.78, 5) is 0. The minimum Gasteiger partial charge on any atom is -0.394 e. The van der Waals surface area contributed by atoms with Crippen molar-refractivity contribution in [1.29, 1.82) is 0 Å². The van der Waals surface area contributed by atoms with Gasteiger partial charge in [0.1, 0.15) is 24.4 Å². The van der Waals surface area contributed by atoms with Crippen LogP contribution in [0, 0.1) is 0 Å². The zero-order valence-electron chi connectivity index (χ0n) is 18.4. The van der Waals surface area contributed by atoms with Crippen LogP contribution in [0.2, 0.25) is 0 Å². The van der Waals surface area contributed by atoms with Crippen LogP contribution in [0.1, 0.15) is 16.7 Å². The number of ether oxygens (including phenoxy) is 4. The van der Waals surface area contributed by atoms with E-state index in [-0.39, 0.29) is 13.2 Å². The van der Waals surface area contributed by atoms with Gasteiger partial charge in [0, 0.05) is 0 Å². The van der Waals surface area contributed by atoms with Crippen molar-refractivity contribution in [3.05, 3.63) is 108 Å². The molecule has 0 aliphatic carbocycles. The Kier molecular flexibility index (Phi) is 8.60. The fourth-order valence-corrected chi connectivity index (χ4v) is 3.91. The molecule has 33 heavy (non-hydrogen) atoms. The number of rotatable bonds is 10. The van der Waals surface area contributed by atoms with Crippen molar-refractivity contribution in [2.24, 2.45) is 0 Å². The van der Waals surface area contributed by atoms with Gasteiger partial charge in [-0.2, -0.15) is 0 Å². The molecule has 0 spiro atoms. The molecule has 0 aromatic heterocycles. The summed E-state index contributed by atoms with van der Waals surface area (Å²) in [5, 5.41) is 20.7. The number of hydrogen-bond donors (Lipinski definition) is 2. The average Bonchev–Trinajstić information content (AvgIpc) is 2.87. The smallest absolute Gasteiger partial charge is 0.184 e. The standard InChI is InChI=1S/C27H30O6/c28-16-23-24(30-17-20-10-4-1-5-11-20)25(31-18-21-12-6-2-7-13-21)26(27(29)33-23)32-19-22-14-8-3-9-15-22/h1-15,23-29H,16-19H2/t23?,24-,25?,26+,27+/m1/s1. The normalized spacial score (nSPS) is 25.1. The molecule has 0 bridgehead atoms. The summed E-state index contributed by atoms with van der Waals surface area (Å²) >= 11 is 0. The first-order chi connectivity index (χ1) is 16.2. The molecular weight excluding hydrogens is 420 g/mol. The van der Waals surface area contributed by atoms with Crippen LogP contribution in [-0.4, -0.2) is 47.5 Å². The van der Waals surface area contributed by atoms with Gasteiger partial charge in [-0.1, -0.05) is 91.0 Å². The highest BCUT2D eigenvalue weighted by atomic mass is 16.7. The molecule has 3 aromatic rings. The molecule has 1 saturated heterocycles. The molecule has 6 nitrogen and oxygen atoms in total. The van der Waals surface area contributed by atoms with Crippen molar-refractivity contribution in [1.82, 2.24) is 0 Å². The third-order valence-corrected chi connectivity index (χ3v) is 5.65. The Hall–Kier alpha value is -2.58. The Morgan fingerprint density at radius 2 is 0.970 bits per heavy atom. The van der Waals surface area contributed by atoms with Gasteiger partial charge in [0.05, 0.1) is 26.4 Å². The molecule has 0 saturated carbocycles. The summed E-state index contributed by atoms with van der Waals surface area (Å²) in [6.07, 6.45) is -4.09. The van der Waals surface area contributed by atoms with Crippen LogP contribution in [0.3, 0.4) is 0 Å². The van der Waals surface area contributed by atoms with E-state index in [1.807, 2.05) is 91.0 Å². The van der Waals surface area contributed by atoms with E-state index in [4.69, 9.17) is 18.9 Å². The summed E-state index contributed by atoms with van der Waals surface area (Å²) in [6, 6.07) is 29.3. The topological polar surface area (TPSA) is 77.4 Å². The van der Waals surface area contributed by atoms with Crippen LogP contribution in [0.15, 0.2) is 91.0 Å². The molecule has 1 aliphatic rings. The lowest BCUT2D eigenvalue weighted by Crippen LogP contribution is -2.61. The van der Waals surface area contributed by atoms with E-state index in [9.17, 15) is 10.2 Å². The number of aliphatic hydroxyl groups is 2. The van der Waals surface area contributed by atoms with Crippen molar-refractivity contribution >= 4 is 0 Å². The van der Waals surface area contributed by atoms with E-state index in [1.165, 1.54) is 0 Å². The lowest BCUT2D eigenvalue weighted by molar-refractivity contribution is -0.315. The zero-order valence-corrected chi connectivity index (χ0v) is 18.4. The Morgan fingerprint density at radius 1 is 0.576 bits per heavy atom. The molecular formula is C27H30O6. The van der Waals surface area contributed by atoms with Crippen molar-refractivity contribution in [3.8, 4) is 0 Å². The second-order valence-electron chi connectivity index (χ2n) is 8.03. The van der Waals surface area contributed by atoms with Crippen molar-refractivity contribution in [2.75, 3.05) is 6.61 Å². The first-order valence-corrected chi connectivity index (χ1v) is 11.2. The van der Waals surface area contributed by atoms with Gasteiger partial charge in [0.15, 0.2) is 6.29 Å². The van der Waals surface area contributed by atoms with E-state index in [0.717, 1.165) is 16.7 Å². The van der Waals surface area contributed by atoms with Gasteiger partial charge in [0.25, 0.3) is 0 Å². The summed E-state index contributed by atoms with van der Waals surface area (Å²) in [5.41, 5.74) is 2.95. The summed E-state index contributed by atoms with van der Waals surface area (Å²) in [6.45, 7) is 0.601. The molecule has 0 radical (unpaired) electrons. The van der Waals surface area contributed by atoms with Crippen LogP contribution in [0.5, 0.6) is 0 Å². The van der Waals surface area contributed by atoms with E-state index in [1.54, 1.807) is 0 Å². The van der Waals surface area contributed by atoms with Gasteiger partial charge in [0.2, 0.25) is 0 Å². The maximum absolute atomic E-state index is 10.7. The Bertz CT molecular complexity index is 937. The highest BCUT2D eigenvalue weighted by molar-refractivity contribution is 5.15. The van der Waals surface area contributed by atoms with Crippen molar-refractivity contribution in [2.45, 2.75) is 50.5 Å². The molecule has 5 atom stereocenters. The lowest BCUT2D eigenvalue weighted by Gasteiger charge is -2.44. The van der Waals surface area contributed by atoms with E-state index >= 15 is 0 Å². The molecule has 2 unspecified atom stereocenters. The summed E-state index contributed by atoms with van der Waals surface area (Å²) in [7, 11) is 0. The molecule has 3 aromatic carbocycles. The van der Waals surface area contributed by atoms with Crippen LogP contribution < -0.4 is 0 Å². The second-order valence-corrected chi connectivity index (χ2v) is 8.03. The number of benzene rings is 3. The molecule has 174 valence electrons. The summed E-state index contributed by atoms with van der Waals surface area (Å²) in [5.74, 6) is 0. The van der Waals surface area contributed by atoms with Gasteiger partial charge in [-0.15, -0.1) is 0 Å². The molecule has 0 amide bonds. The predicted octanol–water partition coefficient (Wildman–Crippen LogP) is 3.45. The summed E-state index contributed by atoms with van der Waals surface area (Å²) < 4.78 is 24.3. The Morgan fingerprint density at radius 3 is 1.39 bits per heavy atom. The third-order valence-electron chi connectivity index (χ3n) is 5.65. The van der Waals surface area contributed by atoms with Gasteiger partial charge in [-0.3, -0.25) is 0 Å². The maximum atomic E-state index is 10.7. The minimum absolute atomic E-state index is 0.284. The van der Waals surface area contributed by atoms with Gasteiger partial charge >= 0.3 is 0 Å². The van der Waals surface area contributed by atoms with Gasteiger partial charge < -0.3 is 29.2 Å². The molecule has 1 aliphatic heterocycles. The highest BCUT2D eigenvalue weighted by Gasteiger charge is 2.47. The largest absolute Gasteiger partial charge is 0.394 e. The molecule has 4 rings (SSSR count). The Labute approximate surface area is 194 Å². The zero-order chi connectivity index (χ0) is 22.9. The van der Waals surface area contributed by atoms with Crippen molar-refractivity contribution in [3.63, 3.8) is 0 Å². The van der Waals surface area contributed by atoms with Gasteiger partial charge in [-0.25, -0.2) is 0 Å².